The molecule has 6 heteroatoms. The third-order valence-electron chi connectivity index (χ3n) is 2.97. The van der Waals surface area contributed by atoms with Crippen molar-refractivity contribution < 1.29 is 14.3 Å². The van der Waals surface area contributed by atoms with Gasteiger partial charge >= 0.3 is 0 Å². The lowest BCUT2D eigenvalue weighted by atomic mass is 10.2. The van der Waals surface area contributed by atoms with Gasteiger partial charge in [0.15, 0.2) is 6.10 Å². The second-order valence-corrected chi connectivity index (χ2v) is 5.40. The Hall–Kier alpha value is -2.53. The topological polar surface area (TPSA) is 67.4 Å². The Labute approximate surface area is 139 Å². The minimum Gasteiger partial charge on any atom is -0.481 e. The molecule has 1 atom stereocenters. The molecule has 0 saturated carbocycles. The van der Waals surface area contributed by atoms with Crippen LogP contribution in [0.15, 0.2) is 48.5 Å². The summed E-state index contributed by atoms with van der Waals surface area (Å²) in [6, 6.07) is 13.6. The van der Waals surface area contributed by atoms with E-state index in [1.165, 1.54) is 6.92 Å². The second kappa shape index (κ2) is 7.65. The Bertz CT molecular complexity index is 684. The molecule has 0 aliphatic rings. The molecule has 2 amide bonds. The minimum absolute atomic E-state index is 0.147. The van der Waals surface area contributed by atoms with Gasteiger partial charge in [0, 0.05) is 23.3 Å². The van der Waals surface area contributed by atoms with E-state index in [4.69, 9.17) is 16.3 Å². The maximum atomic E-state index is 12.1. The average molecular weight is 333 g/mol. The number of benzene rings is 2. The van der Waals surface area contributed by atoms with E-state index in [9.17, 15) is 9.59 Å². The van der Waals surface area contributed by atoms with E-state index < -0.39 is 6.10 Å². The fourth-order valence-corrected chi connectivity index (χ4v) is 1.98. The number of rotatable bonds is 5. The zero-order valence-corrected chi connectivity index (χ0v) is 13.6. The van der Waals surface area contributed by atoms with E-state index in [-0.39, 0.29) is 11.8 Å². The number of nitrogens with one attached hydrogen (secondary N) is 2. The van der Waals surface area contributed by atoms with Crippen LogP contribution in [-0.2, 0) is 9.59 Å². The fourth-order valence-electron chi connectivity index (χ4n) is 1.85. The summed E-state index contributed by atoms with van der Waals surface area (Å²) in [4.78, 5) is 23.1. The highest BCUT2D eigenvalue weighted by Crippen LogP contribution is 2.18. The molecule has 0 aliphatic heterocycles. The molecule has 0 heterocycles. The molecule has 2 rings (SSSR count). The largest absolute Gasteiger partial charge is 0.481 e. The number of carbonyl (C=O) groups is 2. The number of amides is 2. The lowest BCUT2D eigenvalue weighted by molar-refractivity contribution is -0.122. The average Bonchev–Trinajstić information content (AvgIpc) is 2.51. The van der Waals surface area contributed by atoms with Crippen LogP contribution in [0.4, 0.5) is 11.4 Å². The lowest BCUT2D eigenvalue weighted by Gasteiger charge is -2.15. The highest BCUT2D eigenvalue weighted by atomic mass is 35.5. The van der Waals surface area contributed by atoms with Crippen LogP contribution in [-0.4, -0.2) is 17.9 Å². The number of anilines is 2. The van der Waals surface area contributed by atoms with Crippen LogP contribution in [0.25, 0.3) is 0 Å². The highest BCUT2D eigenvalue weighted by molar-refractivity contribution is 6.30. The Morgan fingerprint density at radius 2 is 1.48 bits per heavy atom. The predicted octanol–water partition coefficient (Wildman–Crippen LogP) is 3.70. The van der Waals surface area contributed by atoms with Crippen LogP contribution in [0.5, 0.6) is 5.75 Å². The smallest absolute Gasteiger partial charge is 0.265 e. The van der Waals surface area contributed by atoms with Crippen LogP contribution < -0.4 is 15.4 Å². The van der Waals surface area contributed by atoms with Gasteiger partial charge in [-0.05, 0) is 55.5 Å². The minimum atomic E-state index is -0.661. The molecule has 2 aromatic carbocycles. The molecule has 0 aliphatic carbocycles. The van der Waals surface area contributed by atoms with Crippen molar-refractivity contribution in [1.82, 2.24) is 0 Å². The van der Waals surface area contributed by atoms with Crippen LogP contribution in [0.1, 0.15) is 13.8 Å². The van der Waals surface area contributed by atoms with Crippen molar-refractivity contribution in [1.29, 1.82) is 0 Å². The molecule has 0 aromatic heterocycles. The molecule has 2 N–H and O–H groups in total. The summed E-state index contributed by atoms with van der Waals surface area (Å²) in [7, 11) is 0. The zero-order chi connectivity index (χ0) is 16.8. The Morgan fingerprint density at radius 1 is 0.957 bits per heavy atom. The molecular weight excluding hydrogens is 316 g/mol. The first-order valence-corrected chi connectivity index (χ1v) is 7.42. The van der Waals surface area contributed by atoms with Crippen molar-refractivity contribution in [3.05, 3.63) is 53.6 Å². The molecule has 120 valence electrons. The van der Waals surface area contributed by atoms with Crippen molar-refractivity contribution >= 4 is 34.8 Å². The number of hydrogen-bond acceptors (Lipinski definition) is 3. The first-order valence-electron chi connectivity index (χ1n) is 7.05. The maximum Gasteiger partial charge on any atom is 0.265 e. The molecular formula is C17H17ClN2O3. The van der Waals surface area contributed by atoms with Gasteiger partial charge in [-0.2, -0.15) is 0 Å². The molecule has 1 unspecified atom stereocenters. The Kier molecular flexibility index (Phi) is 5.60. The van der Waals surface area contributed by atoms with Crippen molar-refractivity contribution in [2.75, 3.05) is 10.6 Å². The van der Waals surface area contributed by atoms with E-state index in [1.807, 2.05) is 0 Å². The van der Waals surface area contributed by atoms with Gasteiger partial charge in [0.2, 0.25) is 5.91 Å². The molecule has 23 heavy (non-hydrogen) atoms. The molecule has 0 fully saturated rings. The summed E-state index contributed by atoms with van der Waals surface area (Å²) < 4.78 is 5.55. The highest BCUT2D eigenvalue weighted by Gasteiger charge is 2.14. The number of ether oxygens (including phenoxy) is 1. The predicted molar refractivity (Wildman–Crippen MR) is 90.9 cm³/mol. The summed E-state index contributed by atoms with van der Waals surface area (Å²) in [5, 5.41) is 6.01. The number of carbonyl (C=O) groups excluding carboxylic acids is 2. The summed E-state index contributed by atoms with van der Waals surface area (Å²) in [6.45, 7) is 3.10. The normalized spacial score (nSPS) is 11.4. The lowest BCUT2D eigenvalue weighted by Crippen LogP contribution is -2.30. The third kappa shape index (κ3) is 5.30. The zero-order valence-electron chi connectivity index (χ0n) is 12.8. The molecule has 0 spiro atoms. The van der Waals surface area contributed by atoms with Gasteiger partial charge in [-0.1, -0.05) is 11.6 Å². The molecule has 0 saturated heterocycles. The third-order valence-corrected chi connectivity index (χ3v) is 3.22. The molecule has 0 bridgehead atoms. The summed E-state index contributed by atoms with van der Waals surface area (Å²) in [5.41, 5.74) is 1.29. The van der Waals surface area contributed by atoms with Gasteiger partial charge in [-0.25, -0.2) is 0 Å². The number of hydrogen-bond donors (Lipinski definition) is 2. The van der Waals surface area contributed by atoms with Crippen LogP contribution in [0.2, 0.25) is 5.02 Å². The van der Waals surface area contributed by atoms with E-state index in [2.05, 4.69) is 10.6 Å². The van der Waals surface area contributed by atoms with Crippen molar-refractivity contribution in [3.63, 3.8) is 0 Å². The van der Waals surface area contributed by atoms with Gasteiger partial charge in [-0.3, -0.25) is 9.59 Å². The van der Waals surface area contributed by atoms with Crippen LogP contribution >= 0.6 is 11.6 Å². The Morgan fingerprint density at radius 3 is 2.00 bits per heavy atom. The molecule has 2 aromatic rings. The van der Waals surface area contributed by atoms with E-state index in [1.54, 1.807) is 55.5 Å². The summed E-state index contributed by atoms with van der Waals surface area (Å²) in [6.07, 6.45) is -0.661. The van der Waals surface area contributed by atoms with Gasteiger partial charge in [-0.15, -0.1) is 0 Å². The standard InChI is InChI=1S/C17H17ClN2O3/c1-11(23-16-9-3-13(18)4-10-16)17(22)20-15-7-5-14(6-8-15)19-12(2)21/h3-11H,1-2H3,(H,19,21)(H,20,22). The molecule has 5 nitrogen and oxygen atoms in total. The van der Waals surface area contributed by atoms with Crippen LogP contribution in [0, 0.1) is 0 Å². The second-order valence-electron chi connectivity index (χ2n) is 4.96. The van der Waals surface area contributed by atoms with Gasteiger partial charge in [0.1, 0.15) is 5.75 Å². The van der Waals surface area contributed by atoms with E-state index in [0.717, 1.165) is 0 Å². The van der Waals surface area contributed by atoms with Crippen molar-refractivity contribution in [2.45, 2.75) is 20.0 Å². The van der Waals surface area contributed by atoms with Crippen LogP contribution in [0.3, 0.4) is 0 Å². The monoisotopic (exact) mass is 332 g/mol. The van der Waals surface area contributed by atoms with E-state index >= 15 is 0 Å². The van der Waals surface area contributed by atoms with Crippen molar-refractivity contribution in [3.8, 4) is 5.75 Å². The summed E-state index contributed by atoms with van der Waals surface area (Å²) >= 11 is 5.80. The summed E-state index contributed by atoms with van der Waals surface area (Å²) in [5.74, 6) is 0.150. The quantitative estimate of drug-likeness (QED) is 0.877. The first-order chi connectivity index (χ1) is 10.9. The number of halogens is 1. The first kappa shape index (κ1) is 16.8. The van der Waals surface area contributed by atoms with E-state index in [0.29, 0.717) is 22.1 Å². The SMILES string of the molecule is CC(=O)Nc1ccc(NC(=O)C(C)Oc2ccc(Cl)cc2)cc1. The maximum absolute atomic E-state index is 12.1. The van der Waals surface area contributed by atoms with Gasteiger partial charge < -0.3 is 15.4 Å². The Balaban J connectivity index is 1.92. The van der Waals surface area contributed by atoms with Crippen molar-refractivity contribution in [2.24, 2.45) is 0 Å². The van der Waals surface area contributed by atoms with Gasteiger partial charge in [0.05, 0.1) is 0 Å². The van der Waals surface area contributed by atoms with Gasteiger partial charge in [0.25, 0.3) is 5.91 Å². The fraction of sp³-hybridized carbons (Fsp3) is 0.176. The molecule has 0 radical (unpaired) electrons.